The van der Waals surface area contributed by atoms with E-state index in [2.05, 4.69) is 21.0 Å². The van der Waals surface area contributed by atoms with Crippen molar-refractivity contribution >= 4 is 35.1 Å². The van der Waals surface area contributed by atoms with Gasteiger partial charge in [0.15, 0.2) is 11.6 Å². The summed E-state index contributed by atoms with van der Waals surface area (Å²) in [5.74, 6) is 0.720. The summed E-state index contributed by atoms with van der Waals surface area (Å²) >= 11 is 12.7. The first-order valence-electron chi connectivity index (χ1n) is 11.8. The second kappa shape index (κ2) is 9.24. The molecule has 10 heteroatoms. The summed E-state index contributed by atoms with van der Waals surface area (Å²) in [6.07, 6.45) is 3.19. The number of nitrogens with zero attached hydrogens (tertiary/aromatic N) is 4. The number of nitrogen functional groups attached to an aromatic ring is 1. The summed E-state index contributed by atoms with van der Waals surface area (Å²) in [6.45, 7) is 6.70. The topological polar surface area (TPSA) is 98.3 Å². The van der Waals surface area contributed by atoms with Gasteiger partial charge in [0, 0.05) is 64.7 Å². The van der Waals surface area contributed by atoms with Crippen LogP contribution in [0.15, 0.2) is 36.5 Å². The van der Waals surface area contributed by atoms with E-state index in [4.69, 9.17) is 38.8 Å². The Morgan fingerprint density at radius 1 is 1.26 bits per heavy atom. The van der Waals surface area contributed by atoms with Crippen LogP contribution in [0, 0.1) is 0 Å². The van der Waals surface area contributed by atoms with Gasteiger partial charge in [-0.05, 0) is 51.0 Å². The Kier molecular flexibility index (Phi) is 6.27. The van der Waals surface area contributed by atoms with Gasteiger partial charge in [0.2, 0.25) is 0 Å². The number of hydrogen-bond acceptors (Lipinski definition) is 5. The SMILES string of the molecule is CCNC(=O)N1CC[C@@]2(CCn3nc(-c4cnc(N)c(OC(C)c5c(Cl)cccc5Cl)c4)cc32)C1. The van der Waals surface area contributed by atoms with E-state index < -0.39 is 6.10 Å². The number of pyridine rings is 1. The minimum Gasteiger partial charge on any atom is -0.482 e. The minimum absolute atomic E-state index is 0.000156. The Bertz CT molecular complexity index is 1260. The minimum atomic E-state index is -0.426. The number of hydrogen-bond donors (Lipinski definition) is 2. The number of likely N-dealkylation sites (tertiary alicyclic amines) is 1. The van der Waals surface area contributed by atoms with Crippen molar-refractivity contribution in [2.45, 2.75) is 44.8 Å². The zero-order valence-electron chi connectivity index (χ0n) is 19.7. The zero-order chi connectivity index (χ0) is 24.7. The molecule has 0 aliphatic carbocycles. The highest BCUT2D eigenvalue weighted by Gasteiger charge is 2.46. The van der Waals surface area contributed by atoms with Gasteiger partial charge in [-0.3, -0.25) is 4.68 Å². The number of aryl methyl sites for hydroxylation is 1. The first kappa shape index (κ1) is 23.8. The Hall–Kier alpha value is -2.97. The van der Waals surface area contributed by atoms with Crippen LogP contribution in [-0.4, -0.2) is 45.3 Å². The van der Waals surface area contributed by atoms with Crippen molar-refractivity contribution in [1.29, 1.82) is 0 Å². The van der Waals surface area contributed by atoms with Crippen LogP contribution in [0.1, 0.15) is 44.1 Å². The lowest BCUT2D eigenvalue weighted by Crippen LogP contribution is -2.40. The van der Waals surface area contributed by atoms with Crippen LogP contribution in [-0.2, 0) is 12.0 Å². The number of urea groups is 1. The Morgan fingerprint density at radius 3 is 2.74 bits per heavy atom. The van der Waals surface area contributed by atoms with E-state index in [1.165, 1.54) is 0 Å². The number of aromatic nitrogens is 3. The molecule has 1 spiro atoms. The van der Waals surface area contributed by atoms with Gasteiger partial charge in [0.05, 0.1) is 5.69 Å². The van der Waals surface area contributed by atoms with E-state index in [1.807, 2.05) is 24.8 Å². The molecule has 3 N–H and O–H groups in total. The molecule has 0 saturated carbocycles. The van der Waals surface area contributed by atoms with Gasteiger partial charge < -0.3 is 20.7 Å². The molecule has 2 aliphatic heterocycles. The van der Waals surface area contributed by atoms with Gasteiger partial charge in [0.25, 0.3) is 0 Å². The molecule has 1 unspecified atom stereocenters. The molecule has 0 bridgehead atoms. The smallest absolute Gasteiger partial charge is 0.317 e. The number of ether oxygens (including phenoxy) is 1. The van der Waals surface area contributed by atoms with Crippen molar-refractivity contribution in [1.82, 2.24) is 25.0 Å². The van der Waals surface area contributed by atoms with Gasteiger partial charge >= 0.3 is 6.03 Å². The zero-order valence-corrected chi connectivity index (χ0v) is 21.2. The van der Waals surface area contributed by atoms with Crippen LogP contribution < -0.4 is 15.8 Å². The number of anilines is 1. The van der Waals surface area contributed by atoms with Crippen molar-refractivity contribution in [3.05, 3.63) is 57.8 Å². The molecule has 35 heavy (non-hydrogen) atoms. The maximum absolute atomic E-state index is 12.4. The van der Waals surface area contributed by atoms with Gasteiger partial charge in [-0.1, -0.05) is 29.3 Å². The van der Waals surface area contributed by atoms with Crippen LogP contribution in [0.5, 0.6) is 5.75 Å². The van der Waals surface area contributed by atoms with E-state index in [9.17, 15) is 4.79 Å². The van der Waals surface area contributed by atoms with Crippen LogP contribution in [0.4, 0.5) is 10.6 Å². The first-order chi connectivity index (χ1) is 16.8. The number of rotatable bonds is 5. The predicted octanol–water partition coefficient (Wildman–Crippen LogP) is 5.05. The highest BCUT2D eigenvalue weighted by molar-refractivity contribution is 6.36. The fourth-order valence-electron chi connectivity index (χ4n) is 5.16. The summed E-state index contributed by atoms with van der Waals surface area (Å²) in [5, 5.41) is 8.81. The monoisotopic (exact) mass is 514 g/mol. The van der Waals surface area contributed by atoms with Crippen molar-refractivity contribution in [2.75, 3.05) is 25.4 Å². The lowest BCUT2D eigenvalue weighted by Gasteiger charge is -2.23. The third kappa shape index (κ3) is 4.29. The number of halogens is 2. The molecule has 1 fully saturated rings. The molecular weight excluding hydrogens is 487 g/mol. The quantitative estimate of drug-likeness (QED) is 0.496. The number of carbonyl (C=O) groups is 1. The van der Waals surface area contributed by atoms with E-state index >= 15 is 0 Å². The number of amides is 2. The maximum Gasteiger partial charge on any atom is 0.317 e. The highest BCUT2D eigenvalue weighted by Crippen LogP contribution is 2.44. The standard InChI is InChI=1S/C25H28Cl2N6O2/c1-3-29-24(34)32-9-7-25(14-32)8-10-33-21(25)12-19(31-33)16-11-20(23(28)30-13-16)35-15(2)22-17(26)5-4-6-18(22)27/h4-6,11-13,15H,3,7-10,14H2,1-2H3,(H2,28,30)(H,29,34)/t15?,25-/m1/s1. The van der Waals surface area contributed by atoms with Gasteiger partial charge in [0.1, 0.15) is 6.10 Å². The molecule has 1 saturated heterocycles. The van der Waals surface area contributed by atoms with E-state index in [1.54, 1.807) is 24.4 Å². The van der Waals surface area contributed by atoms with Gasteiger partial charge in [-0.2, -0.15) is 5.10 Å². The lowest BCUT2D eigenvalue weighted by atomic mass is 9.82. The highest BCUT2D eigenvalue weighted by atomic mass is 35.5. The maximum atomic E-state index is 12.4. The second-order valence-electron chi connectivity index (χ2n) is 9.18. The van der Waals surface area contributed by atoms with Gasteiger partial charge in [-0.25, -0.2) is 9.78 Å². The van der Waals surface area contributed by atoms with Gasteiger partial charge in [-0.15, -0.1) is 0 Å². The summed E-state index contributed by atoms with van der Waals surface area (Å²) in [5.41, 5.74) is 9.54. The van der Waals surface area contributed by atoms with Crippen LogP contribution in [0.3, 0.4) is 0 Å². The van der Waals surface area contributed by atoms with Crippen molar-refractivity contribution in [3.8, 4) is 17.0 Å². The van der Waals surface area contributed by atoms with E-state index in [-0.39, 0.29) is 17.3 Å². The molecule has 0 radical (unpaired) electrons. The summed E-state index contributed by atoms with van der Waals surface area (Å²) < 4.78 is 8.20. The van der Waals surface area contributed by atoms with Crippen molar-refractivity contribution in [3.63, 3.8) is 0 Å². The molecular formula is C25H28Cl2N6O2. The van der Waals surface area contributed by atoms with Crippen LogP contribution >= 0.6 is 23.2 Å². The molecule has 5 rings (SSSR count). The molecule has 8 nitrogen and oxygen atoms in total. The van der Waals surface area contributed by atoms with Crippen molar-refractivity contribution in [2.24, 2.45) is 0 Å². The molecule has 3 aromatic rings. The number of fused-ring (bicyclic) bond motifs is 2. The number of benzene rings is 1. The third-order valence-electron chi connectivity index (χ3n) is 6.98. The third-order valence-corrected chi connectivity index (χ3v) is 7.64. The van der Waals surface area contributed by atoms with E-state index in [0.717, 1.165) is 42.9 Å². The average molecular weight is 515 g/mol. The van der Waals surface area contributed by atoms with E-state index in [0.29, 0.717) is 34.4 Å². The Morgan fingerprint density at radius 2 is 2.00 bits per heavy atom. The molecule has 2 aliphatic rings. The first-order valence-corrected chi connectivity index (χ1v) is 12.5. The largest absolute Gasteiger partial charge is 0.482 e. The summed E-state index contributed by atoms with van der Waals surface area (Å²) in [4.78, 5) is 18.6. The Balaban J connectivity index is 1.40. The average Bonchev–Trinajstić information content (AvgIpc) is 3.52. The van der Waals surface area contributed by atoms with Crippen molar-refractivity contribution < 1.29 is 9.53 Å². The normalized spacial score (nSPS) is 19.7. The fourth-order valence-corrected chi connectivity index (χ4v) is 5.87. The second-order valence-corrected chi connectivity index (χ2v) is 9.99. The molecule has 2 amide bonds. The molecule has 1 aromatic carbocycles. The van der Waals surface area contributed by atoms with Crippen LogP contribution in [0.25, 0.3) is 11.3 Å². The molecule has 2 atom stereocenters. The van der Waals surface area contributed by atoms with Crippen LogP contribution in [0.2, 0.25) is 10.0 Å². The summed E-state index contributed by atoms with van der Waals surface area (Å²) in [7, 11) is 0. The number of nitrogens with one attached hydrogen (secondary N) is 1. The lowest BCUT2D eigenvalue weighted by molar-refractivity contribution is 0.206. The number of carbonyl (C=O) groups excluding carboxylic acids is 1. The number of nitrogens with two attached hydrogens (primary N) is 1. The molecule has 4 heterocycles. The molecule has 2 aromatic heterocycles. The predicted molar refractivity (Wildman–Crippen MR) is 137 cm³/mol. The fraction of sp³-hybridized carbons (Fsp3) is 0.400. The summed E-state index contributed by atoms with van der Waals surface area (Å²) in [6, 6.07) is 9.31. The molecule has 184 valence electrons. The Labute approximate surface area is 214 Å².